The van der Waals surface area contributed by atoms with Crippen LogP contribution < -0.4 is 10.7 Å². The molecule has 0 spiro atoms. The number of aliphatic hydroxyl groups excluding tert-OH is 1. The van der Waals surface area contributed by atoms with E-state index in [-0.39, 0.29) is 28.9 Å². The Labute approximate surface area is 110 Å². The van der Waals surface area contributed by atoms with Gasteiger partial charge in [-0.1, -0.05) is 0 Å². The smallest absolute Gasteiger partial charge is 0.256 e. The summed E-state index contributed by atoms with van der Waals surface area (Å²) in [4.78, 5) is 26.4. The molecule has 0 fully saturated rings. The van der Waals surface area contributed by atoms with Crippen molar-refractivity contribution in [3.8, 4) is 0 Å². The van der Waals surface area contributed by atoms with Crippen molar-refractivity contribution in [2.24, 2.45) is 0 Å². The molecule has 0 bridgehead atoms. The van der Waals surface area contributed by atoms with Crippen molar-refractivity contribution in [2.75, 3.05) is 12.9 Å². The molecule has 0 saturated heterocycles. The average molecular weight is 270 g/mol. The molecule has 0 aliphatic carbocycles. The van der Waals surface area contributed by atoms with E-state index in [9.17, 15) is 9.59 Å². The van der Waals surface area contributed by atoms with E-state index in [1.807, 2.05) is 6.26 Å². The summed E-state index contributed by atoms with van der Waals surface area (Å²) in [6, 6.07) is 1.18. The predicted molar refractivity (Wildman–Crippen MR) is 73.1 cm³/mol. The standard InChI is InChI=1S/C12H18N2O3S/c1-7-4-10(16)9(5-13-7)12(17)14-8(2)11(6-15)18-3/h4-5,8,11,15H,6H2,1-3H3,(H,13,16)(H,14,17). The van der Waals surface area contributed by atoms with Crippen LogP contribution in [0.5, 0.6) is 0 Å². The summed E-state index contributed by atoms with van der Waals surface area (Å²) in [5, 5.41) is 11.8. The normalized spacial score (nSPS) is 14.0. The number of aromatic amines is 1. The first-order chi connectivity index (χ1) is 8.49. The monoisotopic (exact) mass is 270 g/mol. The Balaban J connectivity index is 2.79. The fourth-order valence-corrected chi connectivity index (χ4v) is 2.19. The molecule has 2 atom stereocenters. The molecule has 100 valence electrons. The van der Waals surface area contributed by atoms with Crippen molar-refractivity contribution in [1.82, 2.24) is 10.3 Å². The van der Waals surface area contributed by atoms with Crippen LogP contribution in [0.15, 0.2) is 17.1 Å². The first kappa shape index (κ1) is 14.8. The molecule has 6 heteroatoms. The number of rotatable bonds is 5. The number of nitrogens with one attached hydrogen (secondary N) is 2. The number of hydrogen-bond donors (Lipinski definition) is 3. The molecule has 18 heavy (non-hydrogen) atoms. The van der Waals surface area contributed by atoms with Crippen molar-refractivity contribution >= 4 is 17.7 Å². The van der Waals surface area contributed by atoms with Gasteiger partial charge in [-0.3, -0.25) is 9.59 Å². The summed E-state index contributed by atoms with van der Waals surface area (Å²) in [5.41, 5.74) is 0.493. The highest BCUT2D eigenvalue weighted by molar-refractivity contribution is 7.99. The van der Waals surface area contributed by atoms with Gasteiger partial charge in [0, 0.05) is 29.2 Å². The molecule has 3 N–H and O–H groups in total. The van der Waals surface area contributed by atoms with Gasteiger partial charge in [-0.15, -0.1) is 0 Å². The number of aliphatic hydroxyl groups is 1. The molecule has 0 radical (unpaired) electrons. The van der Waals surface area contributed by atoms with E-state index in [1.165, 1.54) is 24.0 Å². The molecule has 1 aromatic rings. The Bertz CT molecular complexity index is 469. The van der Waals surface area contributed by atoms with E-state index in [0.29, 0.717) is 5.69 Å². The second-order valence-corrected chi connectivity index (χ2v) is 5.19. The van der Waals surface area contributed by atoms with Crippen LogP contribution in [0.1, 0.15) is 23.0 Å². The van der Waals surface area contributed by atoms with Crippen molar-refractivity contribution in [1.29, 1.82) is 0 Å². The van der Waals surface area contributed by atoms with Crippen molar-refractivity contribution < 1.29 is 9.90 Å². The Morgan fingerprint density at radius 1 is 1.61 bits per heavy atom. The highest BCUT2D eigenvalue weighted by atomic mass is 32.2. The van der Waals surface area contributed by atoms with E-state index >= 15 is 0 Å². The van der Waals surface area contributed by atoms with E-state index in [1.54, 1.807) is 13.8 Å². The van der Waals surface area contributed by atoms with Crippen molar-refractivity contribution in [3.63, 3.8) is 0 Å². The average Bonchev–Trinajstić information content (AvgIpc) is 2.30. The number of amides is 1. The molecule has 1 amide bonds. The Hall–Kier alpha value is -1.27. The van der Waals surface area contributed by atoms with Crippen molar-refractivity contribution in [3.05, 3.63) is 33.7 Å². The number of H-pyrrole nitrogens is 1. The van der Waals surface area contributed by atoms with Gasteiger partial charge in [0.05, 0.1) is 6.61 Å². The maximum absolute atomic E-state index is 11.9. The first-order valence-corrected chi connectivity index (χ1v) is 6.92. The Kier molecular flexibility index (Phi) is 5.43. The molecule has 1 heterocycles. The van der Waals surface area contributed by atoms with Crippen LogP contribution in [0.4, 0.5) is 0 Å². The molecule has 0 aliphatic rings. The summed E-state index contributed by atoms with van der Waals surface area (Å²) >= 11 is 1.47. The third kappa shape index (κ3) is 3.61. The van der Waals surface area contributed by atoms with Crippen LogP contribution in [0.25, 0.3) is 0 Å². The lowest BCUT2D eigenvalue weighted by Gasteiger charge is -2.21. The van der Waals surface area contributed by atoms with Gasteiger partial charge in [-0.05, 0) is 20.1 Å². The van der Waals surface area contributed by atoms with E-state index in [0.717, 1.165) is 0 Å². The number of aryl methyl sites for hydroxylation is 1. The van der Waals surface area contributed by atoms with E-state index < -0.39 is 5.91 Å². The lowest BCUT2D eigenvalue weighted by atomic mass is 10.2. The summed E-state index contributed by atoms with van der Waals surface area (Å²) in [6.07, 6.45) is 3.27. The van der Waals surface area contributed by atoms with Crippen LogP contribution in [0, 0.1) is 6.92 Å². The molecule has 1 aromatic heterocycles. The molecule has 2 unspecified atom stereocenters. The van der Waals surface area contributed by atoms with Crippen LogP contribution in [0.3, 0.4) is 0 Å². The number of pyridine rings is 1. The first-order valence-electron chi connectivity index (χ1n) is 5.63. The van der Waals surface area contributed by atoms with Gasteiger partial charge < -0.3 is 15.4 Å². The Morgan fingerprint density at radius 3 is 2.78 bits per heavy atom. The minimum absolute atomic E-state index is 0.0210. The number of carbonyl (C=O) groups is 1. The van der Waals surface area contributed by atoms with Crippen molar-refractivity contribution in [2.45, 2.75) is 25.1 Å². The van der Waals surface area contributed by atoms with Gasteiger partial charge >= 0.3 is 0 Å². The number of carbonyl (C=O) groups excluding carboxylic acids is 1. The number of aromatic nitrogens is 1. The topological polar surface area (TPSA) is 82.2 Å². The zero-order valence-corrected chi connectivity index (χ0v) is 11.5. The van der Waals surface area contributed by atoms with E-state index in [4.69, 9.17) is 5.11 Å². The molecule has 0 aliphatic heterocycles. The molecular formula is C12H18N2O3S. The van der Waals surface area contributed by atoms with Gasteiger partial charge in [0.1, 0.15) is 5.56 Å². The molecule has 5 nitrogen and oxygen atoms in total. The van der Waals surface area contributed by atoms with Gasteiger partial charge in [0.15, 0.2) is 5.43 Å². The largest absolute Gasteiger partial charge is 0.395 e. The fraction of sp³-hybridized carbons (Fsp3) is 0.500. The maximum Gasteiger partial charge on any atom is 0.256 e. The molecule has 0 aromatic carbocycles. The van der Waals surface area contributed by atoms with Crippen LogP contribution in [-0.2, 0) is 0 Å². The van der Waals surface area contributed by atoms with Gasteiger partial charge in [0.2, 0.25) is 0 Å². The van der Waals surface area contributed by atoms with Gasteiger partial charge in [-0.25, -0.2) is 0 Å². The zero-order valence-electron chi connectivity index (χ0n) is 10.7. The predicted octanol–water partition coefficient (Wildman–Crippen LogP) is 0.526. The second kappa shape index (κ2) is 6.61. The highest BCUT2D eigenvalue weighted by Crippen LogP contribution is 2.10. The molecule has 1 rings (SSSR count). The maximum atomic E-state index is 11.9. The van der Waals surface area contributed by atoms with Gasteiger partial charge in [0.25, 0.3) is 5.91 Å². The number of hydrogen-bond acceptors (Lipinski definition) is 4. The summed E-state index contributed by atoms with van der Waals surface area (Å²) in [7, 11) is 0. The number of thioether (sulfide) groups is 1. The SMILES string of the molecule is CSC(CO)C(C)NC(=O)c1c[nH]c(C)cc1=O. The van der Waals surface area contributed by atoms with Gasteiger partial charge in [-0.2, -0.15) is 11.8 Å². The lowest BCUT2D eigenvalue weighted by Crippen LogP contribution is -2.42. The minimum Gasteiger partial charge on any atom is -0.395 e. The van der Waals surface area contributed by atoms with E-state index in [2.05, 4.69) is 10.3 Å². The zero-order chi connectivity index (χ0) is 13.7. The summed E-state index contributed by atoms with van der Waals surface area (Å²) in [5.74, 6) is -0.420. The Morgan fingerprint density at radius 2 is 2.28 bits per heavy atom. The third-order valence-electron chi connectivity index (χ3n) is 2.70. The minimum atomic E-state index is -0.420. The molecule has 0 saturated carbocycles. The van der Waals surface area contributed by atoms with Crippen LogP contribution in [-0.4, -0.2) is 40.2 Å². The van der Waals surface area contributed by atoms with Crippen LogP contribution >= 0.6 is 11.8 Å². The molecular weight excluding hydrogens is 252 g/mol. The third-order valence-corrected chi connectivity index (χ3v) is 3.86. The second-order valence-electron chi connectivity index (χ2n) is 4.11. The van der Waals surface area contributed by atoms with Crippen LogP contribution in [0.2, 0.25) is 0 Å². The summed E-state index contributed by atoms with van der Waals surface area (Å²) in [6.45, 7) is 3.53. The lowest BCUT2D eigenvalue weighted by molar-refractivity contribution is 0.0934. The summed E-state index contributed by atoms with van der Waals surface area (Å²) < 4.78 is 0. The highest BCUT2D eigenvalue weighted by Gasteiger charge is 2.19. The fourth-order valence-electron chi connectivity index (χ4n) is 1.56. The quantitative estimate of drug-likeness (QED) is 0.729.